The van der Waals surface area contributed by atoms with E-state index in [9.17, 15) is 22.8 Å². The number of fused-ring (bicyclic) bond motifs is 2. The molecule has 8 heteroatoms. The van der Waals surface area contributed by atoms with E-state index >= 15 is 0 Å². The van der Waals surface area contributed by atoms with Gasteiger partial charge in [0.1, 0.15) is 0 Å². The van der Waals surface area contributed by atoms with E-state index in [0.29, 0.717) is 11.3 Å². The molecule has 26 heavy (non-hydrogen) atoms. The average Bonchev–Trinajstić information content (AvgIpc) is 3.02. The second-order valence-corrected chi connectivity index (χ2v) is 7.63. The van der Waals surface area contributed by atoms with Gasteiger partial charge in [0.2, 0.25) is 10.8 Å². The van der Waals surface area contributed by atoms with Crippen LogP contribution in [0.5, 0.6) is 0 Å². The van der Waals surface area contributed by atoms with Gasteiger partial charge in [-0.1, -0.05) is 30.3 Å². The molecule has 1 N–H and O–H groups in total. The lowest BCUT2D eigenvalue weighted by atomic mass is 10.0. The Morgan fingerprint density at radius 1 is 1.08 bits per heavy atom. The number of nitrogens with zero attached hydrogens (tertiary/aromatic N) is 1. The van der Waals surface area contributed by atoms with Gasteiger partial charge in [-0.05, 0) is 25.1 Å². The number of benzene rings is 2. The molecule has 0 radical (unpaired) electrons. The van der Waals surface area contributed by atoms with Crippen LogP contribution < -0.4 is 10.2 Å². The number of thioether (sulfide) groups is 1. The number of halogens is 3. The van der Waals surface area contributed by atoms with Gasteiger partial charge in [0.05, 0.1) is 16.5 Å². The molecule has 1 fully saturated rings. The summed E-state index contributed by atoms with van der Waals surface area (Å²) in [5.41, 5.74) is -0.264. The number of anilines is 2. The third-order valence-corrected chi connectivity index (χ3v) is 6.01. The zero-order valence-electron chi connectivity index (χ0n) is 13.5. The Labute approximate surface area is 151 Å². The van der Waals surface area contributed by atoms with E-state index in [-0.39, 0.29) is 5.69 Å². The third kappa shape index (κ3) is 2.18. The van der Waals surface area contributed by atoms with Crippen LogP contribution in [0.2, 0.25) is 0 Å². The summed E-state index contributed by atoms with van der Waals surface area (Å²) in [5, 5.41) is 2.04. The van der Waals surface area contributed by atoms with Crippen molar-refractivity contribution < 1.29 is 22.8 Å². The minimum Gasteiger partial charge on any atom is -0.323 e. The van der Waals surface area contributed by atoms with E-state index in [2.05, 4.69) is 5.32 Å². The Balaban J connectivity index is 1.99. The lowest BCUT2D eigenvalue weighted by Gasteiger charge is -2.33. The summed E-state index contributed by atoms with van der Waals surface area (Å²) in [7, 11) is 0. The number of hydrogen-bond donors (Lipinski definition) is 1. The monoisotopic (exact) mass is 378 g/mol. The van der Waals surface area contributed by atoms with Gasteiger partial charge in [-0.15, -0.1) is 11.8 Å². The number of rotatable bonds is 1. The Morgan fingerprint density at radius 2 is 1.73 bits per heavy atom. The summed E-state index contributed by atoms with van der Waals surface area (Å²) in [4.78, 5) is 25.2. The first-order valence-corrected chi connectivity index (χ1v) is 8.74. The fraction of sp³-hybridized carbons (Fsp3) is 0.222. The van der Waals surface area contributed by atoms with Crippen LogP contribution in [0.25, 0.3) is 0 Å². The molecule has 0 saturated carbocycles. The first-order chi connectivity index (χ1) is 12.3. The predicted molar refractivity (Wildman–Crippen MR) is 92.7 cm³/mol. The summed E-state index contributed by atoms with van der Waals surface area (Å²) in [6.07, 6.45) is -4.65. The van der Waals surface area contributed by atoms with Crippen molar-refractivity contribution in [2.45, 2.75) is 23.2 Å². The molecule has 2 amide bonds. The van der Waals surface area contributed by atoms with Crippen molar-refractivity contribution in [2.75, 3.05) is 10.2 Å². The lowest BCUT2D eigenvalue weighted by molar-refractivity contribution is -0.137. The number of hydrogen-bond acceptors (Lipinski definition) is 3. The second kappa shape index (κ2) is 5.51. The maximum atomic E-state index is 13.5. The molecule has 2 aliphatic rings. The van der Waals surface area contributed by atoms with Crippen LogP contribution in [0.1, 0.15) is 18.1 Å². The third-order valence-electron chi connectivity index (χ3n) is 4.53. The standard InChI is InChI=1S/C18H13F3N2O2S/c1-10-15(24)23(14-9-5-3-7-12(14)18(19,20)21)17(26-10)11-6-2-4-8-13(11)22-16(17)25/h2-10H,1H3,(H,22,25). The number of carbonyl (C=O) groups is 2. The molecule has 0 aromatic heterocycles. The van der Waals surface area contributed by atoms with Gasteiger partial charge in [-0.2, -0.15) is 13.2 Å². The molecular formula is C18H13F3N2O2S. The Kier molecular flexibility index (Phi) is 3.59. The molecule has 1 spiro atoms. The van der Waals surface area contributed by atoms with E-state index in [1.54, 1.807) is 31.2 Å². The molecular weight excluding hydrogens is 365 g/mol. The molecule has 4 rings (SSSR count). The van der Waals surface area contributed by atoms with Gasteiger partial charge in [0.15, 0.2) is 0 Å². The minimum absolute atomic E-state index is 0.311. The van der Waals surface area contributed by atoms with E-state index < -0.39 is 33.7 Å². The van der Waals surface area contributed by atoms with Crippen LogP contribution in [0.15, 0.2) is 48.5 Å². The SMILES string of the molecule is CC1SC2(C(=O)Nc3ccccc32)N(c2ccccc2C(F)(F)F)C1=O. The summed E-state index contributed by atoms with van der Waals surface area (Å²) in [5.74, 6) is -1.04. The van der Waals surface area contributed by atoms with Gasteiger partial charge >= 0.3 is 6.18 Å². The predicted octanol–water partition coefficient (Wildman–Crippen LogP) is 3.98. The van der Waals surface area contributed by atoms with Crippen LogP contribution in [0.3, 0.4) is 0 Å². The summed E-state index contributed by atoms with van der Waals surface area (Å²) < 4.78 is 40.6. The largest absolute Gasteiger partial charge is 0.418 e. The fourth-order valence-corrected chi connectivity index (χ4v) is 4.92. The molecule has 4 nitrogen and oxygen atoms in total. The van der Waals surface area contributed by atoms with Gasteiger partial charge in [-0.25, -0.2) is 0 Å². The first-order valence-electron chi connectivity index (χ1n) is 7.86. The molecule has 0 bridgehead atoms. The molecule has 2 aromatic carbocycles. The minimum atomic E-state index is -4.65. The van der Waals surface area contributed by atoms with Crippen molar-refractivity contribution in [3.8, 4) is 0 Å². The van der Waals surface area contributed by atoms with Crippen molar-refractivity contribution in [3.63, 3.8) is 0 Å². The van der Waals surface area contributed by atoms with Crippen LogP contribution in [-0.2, 0) is 20.6 Å². The van der Waals surface area contributed by atoms with Crippen molar-refractivity contribution >= 4 is 35.0 Å². The molecule has 2 aliphatic heterocycles. The number of para-hydroxylation sites is 2. The van der Waals surface area contributed by atoms with Crippen LogP contribution in [0, 0.1) is 0 Å². The van der Waals surface area contributed by atoms with Crippen LogP contribution >= 0.6 is 11.8 Å². The molecule has 2 heterocycles. The number of amides is 2. The Hall–Kier alpha value is -2.48. The molecule has 2 unspecified atom stereocenters. The highest BCUT2D eigenvalue weighted by atomic mass is 32.2. The van der Waals surface area contributed by atoms with Crippen LogP contribution in [-0.4, -0.2) is 17.1 Å². The summed E-state index contributed by atoms with van der Waals surface area (Å²) in [6.45, 7) is 1.60. The van der Waals surface area contributed by atoms with Crippen LogP contribution in [0.4, 0.5) is 24.5 Å². The summed E-state index contributed by atoms with van der Waals surface area (Å²) >= 11 is 1.05. The number of carbonyl (C=O) groups excluding carboxylic acids is 2. The molecule has 2 atom stereocenters. The smallest absolute Gasteiger partial charge is 0.323 e. The lowest BCUT2D eigenvalue weighted by Crippen LogP contribution is -2.48. The van der Waals surface area contributed by atoms with E-state index in [1.807, 2.05) is 0 Å². The van der Waals surface area contributed by atoms with Crippen molar-refractivity contribution in [1.82, 2.24) is 0 Å². The molecule has 2 aromatic rings. The highest BCUT2D eigenvalue weighted by molar-refractivity contribution is 8.03. The van der Waals surface area contributed by atoms with Gasteiger partial charge in [-0.3, -0.25) is 14.5 Å². The Morgan fingerprint density at radius 3 is 2.46 bits per heavy atom. The van der Waals surface area contributed by atoms with Gasteiger partial charge in [0, 0.05) is 11.3 Å². The Bertz CT molecular complexity index is 931. The quantitative estimate of drug-likeness (QED) is 0.817. The zero-order valence-corrected chi connectivity index (χ0v) is 14.3. The molecule has 134 valence electrons. The maximum absolute atomic E-state index is 13.5. The van der Waals surface area contributed by atoms with Crippen molar-refractivity contribution in [1.29, 1.82) is 0 Å². The molecule has 1 saturated heterocycles. The highest BCUT2D eigenvalue weighted by Crippen LogP contribution is 2.57. The van der Waals surface area contributed by atoms with Gasteiger partial charge in [0.25, 0.3) is 5.91 Å². The van der Waals surface area contributed by atoms with Crippen molar-refractivity contribution in [2.24, 2.45) is 0 Å². The summed E-state index contributed by atoms with van der Waals surface area (Å²) in [6, 6.07) is 11.6. The normalized spacial score (nSPS) is 24.9. The first kappa shape index (κ1) is 17.0. The number of nitrogens with one attached hydrogen (secondary N) is 1. The molecule has 0 aliphatic carbocycles. The van der Waals surface area contributed by atoms with Crippen molar-refractivity contribution in [3.05, 3.63) is 59.7 Å². The fourth-order valence-electron chi connectivity index (χ4n) is 3.45. The number of alkyl halides is 3. The second-order valence-electron chi connectivity index (χ2n) is 6.09. The highest BCUT2D eigenvalue weighted by Gasteiger charge is 2.61. The van der Waals surface area contributed by atoms with E-state index in [4.69, 9.17) is 0 Å². The van der Waals surface area contributed by atoms with E-state index in [1.165, 1.54) is 18.2 Å². The maximum Gasteiger partial charge on any atom is 0.418 e. The van der Waals surface area contributed by atoms with Gasteiger partial charge < -0.3 is 5.32 Å². The topological polar surface area (TPSA) is 49.4 Å². The average molecular weight is 378 g/mol. The van der Waals surface area contributed by atoms with E-state index in [0.717, 1.165) is 22.7 Å². The zero-order chi connectivity index (χ0) is 18.7.